The van der Waals surface area contributed by atoms with Crippen molar-refractivity contribution in [1.82, 2.24) is 0 Å². The van der Waals surface area contributed by atoms with Crippen LogP contribution < -0.4 is 15.7 Å². The minimum Gasteiger partial charge on any atom is -0.455 e. The Balaban J connectivity index is 1.98. The Hall–Kier alpha value is -3.43. The van der Waals surface area contributed by atoms with Gasteiger partial charge in [-0.05, 0) is 56.2 Å². The molecule has 1 aliphatic heterocycles. The molecule has 2 aliphatic rings. The van der Waals surface area contributed by atoms with Crippen molar-refractivity contribution in [3.05, 3.63) is 58.9 Å². The van der Waals surface area contributed by atoms with Gasteiger partial charge in [-0.1, -0.05) is 6.07 Å². The van der Waals surface area contributed by atoms with Gasteiger partial charge in [-0.25, -0.2) is 4.99 Å². The lowest BCUT2D eigenvalue weighted by atomic mass is 9.94. The lowest BCUT2D eigenvalue weighted by Gasteiger charge is -2.19. The van der Waals surface area contributed by atoms with Crippen molar-refractivity contribution < 1.29 is 61.3 Å². The smallest absolute Gasteiger partial charge is 0.295 e. The number of rotatable bonds is 12. The highest BCUT2D eigenvalue weighted by Gasteiger charge is 2.25. The molecule has 0 spiro atoms. The van der Waals surface area contributed by atoms with Crippen LogP contribution in [-0.4, -0.2) is 76.5 Å². The molecule has 0 fully saturated rings. The predicted octanol–water partition coefficient (Wildman–Crippen LogP) is 1.26. The lowest BCUT2D eigenvalue weighted by Crippen LogP contribution is -2.77. The molecule has 1 heterocycles. The standard InChI is InChI=1S/C27H30N2O13S4/c1-16-23(28-9-3-11-43(30,31)32)8-5-18-13-22-21(20-7-6-19(45(36,37)38)14-25(20)46(39,40)41)15-24(17(2)27(22)42-26(16)18)29-10-4-12-44(33,34)35/h5-8,13-15,29H,3-4,9-12H2,1-2H3,(H,30,31,32)(H,33,34,35)(H,36,37,38)(H,39,40,41)/p+1. The number of hydrogen-bond donors (Lipinski definition) is 6. The van der Waals surface area contributed by atoms with E-state index in [0.29, 0.717) is 44.9 Å². The molecule has 0 aromatic heterocycles. The van der Waals surface area contributed by atoms with Crippen molar-refractivity contribution >= 4 is 57.1 Å². The van der Waals surface area contributed by atoms with E-state index in [-0.39, 0.29) is 42.6 Å². The number of nitrogens with one attached hydrogen (secondary N) is 2. The van der Waals surface area contributed by atoms with E-state index in [1.165, 1.54) is 6.07 Å². The molecule has 1 aliphatic carbocycles. The predicted molar refractivity (Wildman–Crippen MR) is 167 cm³/mol. The van der Waals surface area contributed by atoms with Gasteiger partial charge in [0.2, 0.25) is 5.36 Å². The molecule has 0 saturated heterocycles. The normalized spacial score (nSPS) is 13.5. The third-order valence-electron chi connectivity index (χ3n) is 7.12. The molecule has 0 saturated carbocycles. The Labute approximate surface area is 265 Å². The Morgan fingerprint density at radius 3 is 2.00 bits per heavy atom. The van der Waals surface area contributed by atoms with Crippen LogP contribution in [0.3, 0.4) is 0 Å². The van der Waals surface area contributed by atoms with Gasteiger partial charge in [0.25, 0.3) is 40.5 Å². The number of aryl methyl sites for hydroxylation is 1. The first-order valence-electron chi connectivity index (χ1n) is 13.5. The second-order valence-corrected chi connectivity index (χ2v) is 16.4. The highest BCUT2D eigenvalue weighted by molar-refractivity contribution is 7.87. The largest absolute Gasteiger partial charge is 0.455 e. The van der Waals surface area contributed by atoms with E-state index in [0.717, 1.165) is 12.1 Å². The van der Waals surface area contributed by atoms with Crippen LogP contribution in [0.5, 0.6) is 0 Å². The van der Waals surface area contributed by atoms with E-state index in [2.05, 4.69) is 10.3 Å². The summed E-state index contributed by atoms with van der Waals surface area (Å²) in [6.07, 6.45) is 0.137. The SMILES string of the molecule is Cc1c2oc3c(C)c(NCCCS(=O)(=O)O)cc(-c4ccc(S(=O)(=O)O)cc4S(=O)(=O)O)c3cc-2ccc1=[NH+]CCCS(=O)(=O)O. The van der Waals surface area contributed by atoms with Crippen LogP contribution in [0.2, 0.25) is 0 Å². The van der Waals surface area contributed by atoms with Gasteiger partial charge in [0.05, 0.1) is 22.0 Å². The van der Waals surface area contributed by atoms with Gasteiger partial charge in [0.1, 0.15) is 22.8 Å². The van der Waals surface area contributed by atoms with Gasteiger partial charge >= 0.3 is 0 Å². The molecule has 0 bridgehead atoms. The molecule has 250 valence electrons. The topological polar surface area (TPSA) is 257 Å². The molecule has 0 atom stereocenters. The van der Waals surface area contributed by atoms with Crippen LogP contribution in [0, 0.1) is 13.8 Å². The summed E-state index contributed by atoms with van der Waals surface area (Å²) < 4.78 is 137. The summed E-state index contributed by atoms with van der Waals surface area (Å²) in [5.41, 5.74) is 2.35. The zero-order valence-corrected chi connectivity index (χ0v) is 27.6. The zero-order valence-electron chi connectivity index (χ0n) is 24.4. The number of fused-ring (bicyclic) bond motifs is 2. The molecule has 0 radical (unpaired) electrons. The van der Waals surface area contributed by atoms with E-state index in [1.54, 1.807) is 32.0 Å². The number of hydrogen-bond acceptors (Lipinski definition) is 10. The average molecular weight is 720 g/mol. The van der Waals surface area contributed by atoms with Crippen molar-refractivity contribution in [2.24, 2.45) is 0 Å². The van der Waals surface area contributed by atoms with Gasteiger partial charge in [-0.2, -0.15) is 33.7 Å². The van der Waals surface area contributed by atoms with Crippen LogP contribution in [0.4, 0.5) is 5.69 Å². The first-order chi connectivity index (χ1) is 21.2. The maximum atomic E-state index is 12.5. The van der Waals surface area contributed by atoms with Crippen LogP contribution in [-0.2, 0) is 40.5 Å². The minimum absolute atomic E-state index is 0.00551. The maximum absolute atomic E-state index is 12.5. The second kappa shape index (κ2) is 13.0. The van der Waals surface area contributed by atoms with Crippen molar-refractivity contribution in [2.75, 3.05) is 29.9 Å². The van der Waals surface area contributed by atoms with Gasteiger partial charge in [0, 0.05) is 46.8 Å². The summed E-state index contributed by atoms with van der Waals surface area (Å²) in [6.45, 7) is 3.71. The molecular formula is C27H31N2O13S4+. The first kappa shape index (κ1) is 35.4. The molecule has 15 nitrogen and oxygen atoms in total. The van der Waals surface area contributed by atoms with E-state index >= 15 is 0 Å². The van der Waals surface area contributed by atoms with Crippen LogP contribution in [0.1, 0.15) is 24.0 Å². The van der Waals surface area contributed by atoms with Crippen molar-refractivity contribution in [3.8, 4) is 22.5 Å². The Kier molecular flexibility index (Phi) is 10.0. The van der Waals surface area contributed by atoms with Crippen LogP contribution in [0.15, 0.2) is 56.7 Å². The lowest BCUT2D eigenvalue weighted by molar-refractivity contribution is -0.500. The zero-order chi connectivity index (χ0) is 34.2. The highest BCUT2D eigenvalue weighted by Crippen LogP contribution is 2.42. The molecule has 46 heavy (non-hydrogen) atoms. The molecule has 0 unspecified atom stereocenters. The summed E-state index contributed by atoms with van der Waals surface area (Å²) >= 11 is 0. The maximum Gasteiger partial charge on any atom is 0.295 e. The fourth-order valence-electron chi connectivity index (χ4n) is 4.92. The van der Waals surface area contributed by atoms with Gasteiger partial charge in [-0.3, -0.25) is 18.2 Å². The van der Waals surface area contributed by atoms with E-state index in [4.69, 9.17) is 13.5 Å². The van der Waals surface area contributed by atoms with Gasteiger partial charge < -0.3 is 9.73 Å². The molecular weight excluding hydrogens is 689 g/mol. The fraction of sp³-hybridized carbons (Fsp3) is 0.296. The van der Waals surface area contributed by atoms with Crippen molar-refractivity contribution in [3.63, 3.8) is 0 Å². The summed E-state index contributed by atoms with van der Waals surface area (Å²) in [6, 6.07) is 9.31. The molecule has 6 N–H and O–H groups in total. The fourth-order valence-corrected chi connectivity index (χ4v) is 7.25. The summed E-state index contributed by atoms with van der Waals surface area (Å²) in [4.78, 5) is 1.51. The molecule has 2 aromatic carbocycles. The van der Waals surface area contributed by atoms with Crippen LogP contribution >= 0.6 is 0 Å². The summed E-state index contributed by atoms with van der Waals surface area (Å²) in [5.74, 6) is -0.556. The third kappa shape index (κ3) is 8.48. The molecule has 2 aromatic rings. The second-order valence-electron chi connectivity index (χ2n) is 10.5. The van der Waals surface area contributed by atoms with E-state index < -0.39 is 61.8 Å². The van der Waals surface area contributed by atoms with Crippen molar-refractivity contribution in [2.45, 2.75) is 36.5 Å². The van der Waals surface area contributed by atoms with Crippen molar-refractivity contribution in [1.29, 1.82) is 0 Å². The average Bonchev–Trinajstić information content (AvgIpc) is 2.92. The Bertz CT molecular complexity index is 2310. The Morgan fingerprint density at radius 1 is 0.739 bits per heavy atom. The minimum atomic E-state index is -5.05. The van der Waals surface area contributed by atoms with Crippen LogP contribution in [0.25, 0.3) is 33.4 Å². The van der Waals surface area contributed by atoms with Gasteiger partial charge in [-0.15, -0.1) is 0 Å². The third-order valence-corrected chi connectivity index (χ3v) is 10.5. The number of benzene rings is 3. The Morgan fingerprint density at radius 2 is 1.39 bits per heavy atom. The molecule has 0 amide bonds. The molecule has 4 rings (SSSR count). The first-order valence-corrected chi connectivity index (χ1v) is 19.6. The summed E-state index contributed by atoms with van der Waals surface area (Å²) in [5, 5.41) is 4.00. The van der Waals surface area contributed by atoms with E-state index in [9.17, 15) is 42.8 Å². The summed E-state index contributed by atoms with van der Waals surface area (Å²) in [7, 11) is -18.3. The molecule has 19 heteroatoms. The van der Waals surface area contributed by atoms with E-state index in [1.807, 2.05) is 0 Å². The highest BCUT2D eigenvalue weighted by atomic mass is 32.2. The van der Waals surface area contributed by atoms with Gasteiger partial charge in [0.15, 0.2) is 0 Å². The quantitative estimate of drug-likeness (QED) is 0.0685. The monoisotopic (exact) mass is 719 g/mol. The number of anilines is 1.